The fourth-order valence-electron chi connectivity index (χ4n) is 10.2. The summed E-state index contributed by atoms with van der Waals surface area (Å²) in [6.07, 6.45) is 6.06. The molecule has 6 rings (SSSR count). The number of carbonyl (C=O) groups excluding carboxylic acids is 7. The molecule has 4 atom stereocenters. The molecule has 558 valence electrons. The highest BCUT2D eigenvalue weighted by Gasteiger charge is 2.38. The number of fused-ring (bicyclic) bond motifs is 3. The molecular formula is C71H101IN8O21. The molecule has 101 heavy (non-hydrogen) atoms. The van der Waals surface area contributed by atoms with Crippen LogP contribution in [0.5, 0.6) is 23.0 Å². The number of methoxy groups -OCH3 is 2. The van der Waals surface area contributed by atoms with E-state index < -0.39 is 48.0 Å². The lowest BCUT2D eigenvalue weighted by Crippen LogP contribution is -2.53. The minimum Gasteiger partial charge on any atom is -0.493 e. The molecule has 0 radical (unpaired) electrons. The molecule has 0 saturated carbocycles. The molecule has 3 aliphatic heterocycles. The van der Waals surface area contributed by atoms with E-state index in [-0.39, 0.29) is 85.9 Å². The van der Waals surface area contributed by atoms with Gasteiger partial charge in [0.05, 0.1) is 173 Å². The molecule has 0 spiro atoms. The Bertz CT molecular complexity index is 3230. The Morgan fingerprint density at radius 3 is 1.75 bits per heavy atom. The first-order chi connectivity index (χ1) is 48.8. The summed E-state index contributed by atoms with van der Waals surface area (Å²) >= 11 is 2.00. The molecule has 3 aromatic carbocycles. The normalized spacial score (nSPS) is 15.6. The van der Waals surface area contributed by atoms with Crippen molar-refractivity contribution < 1.29 is 100 Å². The second-order valence-corrected chi connectivity index (χ2v) is 24.8. The first-order valence-corrected chi connectivity index (χ1v) is 35.7. The number of alkyl halides is 1. The quantitative estimate of drug-likeness (QED) is 0.0215. The third-order valence-electron chi connectivity index (χ3n) is 15.9. The van der Waals surface area contributed by atoms with Gasteiger partial charge in [-0.25, -0.2) is 9.69 Å². The van der Waals surface area contributed by atoms with Gasteiger partial charge in [-0.05, 0) is 88.6 Å². The highest BCUT2D eigenvalue weighted by Crippen LogP contribution is 2.41. The van der Waals surface area contributed by atoms with Crippen molar-refractivity contribution >= 4 is 87.4 Å². The number of halogens is 1. The van der Waals surface area contributed by atoms with Gasteiger partial charge in [-0.15, -0.1) is 0 Å². The van der Waals surface area contributed by atoms with Crippen LogP contribution in [0, 0.1) is 5.92 Å². The Hall–Kier alpha value is -7.53. The van der Waals surface area contributed by atoms with Gasteiger partial charge in [0.1, 0.15) is 18.7 Å². The summed E-state index contributed by atoms with van der Waals surface area (Å²) in [4.78, 5) is 101. The Morgan fingerprint density at radius 2 is 1.21 bits per heavy atom. The van der Waals surface area contributed by atoms with Crippen molar-refractivity contribution in [1.82, 2.24) is 25.8 Å². The molecule has 3 heterocycles. The van der Waals surface area contributed by atoms with Crippen LogP contribution in [0.4, 0.5) is 21.9 Å². The highest BCUT2D eigenvalue weighted by molar-refractivity contribution is 14.1. The lowest BCUT2D eigenvalue weighted by Gasteiger charge is -2.27. The number of carbonyl (C=O) groups is 7. The van der Waals surface area contributed by atoms with Crippen molar-refractivity contribution in [3.63, 3.8) is 0 Å². The molecule has 29 nitrogen and oxygen atoms in total. The van der Waals surface area contributed by atoms with Crippen LogP contribution in [0.3, 0.4) is 0 Å². The van der Waals surface area contributed by atoms with E-state index in [0.29, 0.717) is 170 Å². The lowest BCUT2D eigenvalue weighted by atomic mass is 10.0. The van der Waals surface area contributed by atoms with Crippen LogP contribution in [-0.2, 0) is 68.4 Å². The number of hydrogen-bond acceptors (Lipinski definition) is 22. The Morgan fingerprint density at radius 1 is 0.663 bits per heavy atom. The molecular weight excluding hydrogens is 1430 g/mol. The maximum absolute atomic E-state index is 14.2. The predicted molar refractivity (Wildman–Crippen MR) is 384 cm³/mol. The van der Waals surface area contributed by atoms with Gasteiger partial charge in [0, 0.05) is 49.4 Å². The van der Waals surface area contributed by atoms with Gasteiger partial charge in [-0.1, -0.05) is 66.6 Å². The van der Waals surface area contributed by atoms with Crippen LogP contribution in [0.25, 0.3) is 0 Å². The van der Waals surface area contributed by atoms with Gasteiger partial charge in [0.2, 0.25) is 23.6 Å². The number of unbranched alkanes of at least 4 members (excludes halogenated alkanes) is 2. The van der Waals surface area contributed by atoms with Gasteiger partial charge in [-0.2, -0.15) is 0 Å². The number of aliphatic hydroxyl groups excluding tert-OH is 1. The lowest BCUT2D eigenvalue weighted by molar-refractivity contribution is -0.132. The molecule has 30 heteroatoms. The number of β-amino-alcohol motifs (C(OH)–C–C–N with tert-alkyl or cyclic N) is 1. The maximum atomic E-state index is 14.2. The minimum atomic E-state index is -1.55. The molecule has 0 fully saturated rings. The van der Waals surface area contributed by atoms with Gasteiger partial charge in [0.25, 0.3) is 11.8 Å². The highest BCUT2D eigenvalue weighted by atomic mass is 127. The molecule has 0 aromatic heterocycles. The number of rotatable bonds is 48. The zero-order chi connectivity index (χ0) is 72.9. The SMILES string of the molecule is CC/C(C)=C\N1C[C@H](O)N(C(=O)OCc2ccc(NC(=O)[C@H](C)NC(=O)[C@@H](NC(=O)CCOCCOCCOCCOCCOCCOCCOCCOCCNC(=O)CI)C(C)C)cc2)c2cc(OCCCCCOc3cc4c(cc3OC)C(=O)N3C=C(C)C[C@H]3C=N4)c(OC)cc2C1=O. The number of anilines is 2. The van der Waals surface area contributed by atoms with Gasteiger partial charge < -0.3 is 97.8 Å². The summed E-state index contributed by atoms with van der Waals surface area (Å²) in [6, 6.07) is 10.7. The number of ether oxygens (including phenoxy) is 13. The second-order valence-electron chi connectivity index (χ2n) is 24.1. The first-order valence-electron chi connectivity index (χ1n) is 34.2. The fraction of sp³-hybridized carbons (Fsp3) is 0.577. The summed E-state index contributed by atoms with van der Waals surface area (Å²) in [6.45, 7) is 17.5. The number of amides is 7. The van der Waals surface area contributed by atoms with Crippen molar-refractivity contribution in [2.75, 3.05) is 161 Å². The minimum absolute atomic E-state index is 0.00480. The van der Waals surface area contributed by atoms with Crippen LogP contribution < -0.4 is 45.1 Å². The second kappa shape index (κ2) is 45.5. The number of hydrogen-bond donors (Lipinski definition) is 5. The van der Waals surface area contributed by atoms with E-state index in [1.54, 1.807) is 67.6 Å². The summed E-state index contributed by atoms with van der Waals surface area (Å²) in [5, 5.41) is 22.7. The van der Waals surface area contributed by atoms with Crippen molar-refractivity contribution in [3.8, 4) is 23.0 Å². The fourth-order valence-corrected chi connectivity index (χ4v) is 10.5. The average molecular weight is 1530 g/mol. The third kappa shape index (κ3) is 28.0. The number of nitrogens with one attached hydrogen (secondary N) is 4. The van der Waals surface area contributed by atoms with E-state index >= 15 is 0 Å². The van der Waals surface area contributed by atoms with Crippen LogP contribution in [-0.4, -0.2) is 238 Å². The van der Waals surface area contributed by atoms with E-state index in [9.17, 15) is 38.7 Å². The predicted octanol–water partition coefficient (Wildman–Crippen LogP) is 7.06. The number of nitrogens with zero attached hydrogens (tertiary/aromatic N) is 4. The Labute approximate surface area is 605 Å². The Kier molecular flexibility index (Phi) is 37.1. The van der Waals surface area contributed by atoms with Crippen LogP contribution in [0.1, 0.15) is 106 Å². The molecule has 0 unspecified atom stereocenters. The van der Waals surface area contributed by atoms with E-state index in [1.165, 1.54) is 38.2 Å². The number of allylic oxidation sites excluding steroid dienone is 1. The Balaban J connectivity index is 0.854. The van der Waals surface area contributed by atoms with Crippen LogP contribution in [0.15, 0.2) is 77.1 Å². The largest absolute Gasteiger partial charge is 0.493 e. The molecule has 0 aliphatic carbocycles. The van der Waals surface area contributed by atoms with E-state index in [0.717, 1.165) is 22.5 Å². The van der Waals surface area contributed by atoms with E-state index in [4.69, 9.17) is 61.6 Å². The molecule has 0 saturated heterocycles. The topological polar surface area (TPSA) is 330 Å². The maximum Gasteiger partial charge on any atom is 0.416 e. The number of benzene rings is 3. The molecule has 7 amide bonds. The summed E-state index contributed by atoms with van der Waals surface area (Å²) in [5.74, 6) is -1.08. The number of aliphatic hydroxyl groups is 1. The molecule has 3 aromatic rings. The zero-order valence-electron chi connectivity index (χ0n) is 59.3. The monoisotopic (exact) mass is 1530 g/mol. The number of aliphatic imine (C=N–C) groups is 1. The van der Waals surface area contributed by atoms with Crippen molar-refractivity contribution in [2.24, 2.45) is 10.9 Å². The summed E-state index contributed by atoms with van der Waals surface area (Å²) in [7, 11) is 2.96. The molecule has 0 bridgehead atoms. The van der Waals surface area contributed by atoms with Crippen LogP contribution in [0.2, 0.25) is 0 Å². The molecule has 5 N–H and O–H groups in total. The smallest absolute Gasteiger partial charge is 0.416 e. The zero-order valence-corrected chi connectivity index (χ0v) is 61.5. The van der Waals surface area contributed by atoms with Crippen LogP contribution >= 0.6 is 22.6 Å². The van der Waals surface area contributed by atoms with Crippen molar-refractivity contribution in [1.29, 1.82) is 0 Å². The van der Waals surface area contributed by atoms with Gasteiger partial charge >= 0.3 is 6.09 Å². The van der Waals surface area contributed by atoms with E-state index in [1.807, 2.05) is 49.6 Å². The van der Waals surface area contributed by atoms with Crippen molar-refractivity contribution in [3.05, 3.63) is 88.8 Å². The average Bonchev–Trinajstić information content (AvgIpc) is 1.70. The van der Waals surface area contributed by atoms with Gasteiger partial charge in [0.15, 0.2) is 29.2 Å². The summed E-state index contributed by atoms with van der Waals surface area (Å²) < 4.78 is 73.9. The first kappa shape index (κ1) is 82.4. The van der Waals surface area contributed by atoms with Crippen molar-refractivity contribution in [2.45, 2.75) is 111 Å². The standard InChI is InChI=1S/C71H101IN8O21/c1-9-49(4)44-78-46-65(83)80(58-41-62(60(90-8)39-56(58)69(78)86)100-20-12-10-11-19-99-61-40-57-55(38-59(61)89-7)70(87)79-45-50(5)37-54(79)43-74-57)71(88)101-47-52-13-15-53(16-14-52)76-67(84)51(6)75-68(85)66(48(2)3)77-63(81)17-21-91-23-25-93-27-29-95-31-33-97-35-36-98-34-32-96-30-28-94-26-24-92-22-18-73-64(82)42-72/h13-16,38-41,43-45,48,51,54,65-66,83H,9-12,17-37,42,46-47H2,1-8H3,(H,73,82)(H,75,85)(H,76,84)(H,77,81)/b49-44-/t51-,54-,65-,66-/m0/s1. The third-order valence-corrected chi connectivity index (χ3v) is 16.6. The van der Waals surface area contributed by atoms with Gasteiger partial charge in [-0.3, -0.25) is 33.8 Å². The summed E-state index contributed by atoms with van der Waals surface area (Å²) in [5.41, 5.74) is 3.92. The molecule has 3 aliphatic rings. The van der Waals surface area contributed by atoms with E-state index in [2.05, 4.69) is 26.3 Å².